The fraction of sp³-hybridized carbons (Fsp3) is 0.360. The monoisotopic (exact) mass is 502 g/mol. The van der Waals surface area contributed by atoms with Gasteiger partial charge in [-0.2, -0.15) is 0 Å². The molecule has 0 saturated carbocycles. The van der Waals surface area contributed by atoms with Crippen molar-refractivity contribution in [2.24, 2.45) is 0 Å². The number of nitrogens with one attached hydrogen (secondary N) is 1. The van der Waals surface area contributed by atoms with E-state index in [9.17, 15) is 9.18 Å². The lowest BCUT2D eigenvalue weighted by Crippen LogP contribution is -2.41. The van der Waals surface area contributed by atoms with E-state index in [-0.39, 0.29) is 11.7 Å². The molecule has 1 aliphatic rings. The van der Waals surface area contributed by atoms with Gasteiger partial charge in [0.1, 0.15) is 16.5 Å². The van der Waals surface area contributed by atoms with Gasteiger partial charge in [0.15, 0.2) is 0 Å². The summed E-state index contributed by atoms with van der Waals surface area (Å²) in [7, 11) is 0. The average molecular weight is 503 g/mol. The Labute approximate surface area is 208 Å². The standard InChI is InChI=1S/C25H28ClFN4O2S/c26-21-3-1-2-20(14-21)16-31(15-19-4-6-22(27)7-5-19)17-24-29-23(18-34-24)25(32)28-8-9-30-10-12-33-13-11-30/h1-7,14,18H,8-13,15-17H2,(H,28,32). The number of thiazole rings is 1. The maximum Gasteiger partial charge on any atom is 0.270 e. The predicted molar refractivity (Wildman–Crippen MR) is 133 cm³/mol. The number of morpholine rings is 1. The van der Waals surface area contributed by atoms with Crippen LogP contribution in [0.4, 0.5) is 4.39 Å². The fourth-order valence-corrected chi connectivity index (χ4v) is 4.86. The van der Waals surface area contributed by atoms with Gasteiger partial charge in [-0.15, -0.1) is 11.3 Å². The lowest BCUT2D eigenvalue weighted by atomic mass is 10.1. The molecule has 180 valence electrons. The molecule has 2 aromatic carbocycles. The Morgan fingerprint density at radius 2 is 1.88 bits per heavy atom. The van der Waals surface area contributed by atoms with Crippen LogP contribution in [-0.2, 0) is 24.4 Å². The van der Waals surface area contributed by atoms with Crippen LogP contribution in [0, 0.1) is 5.82 Å². The van der Waals surface area contributed by atoms with Gasteiger partial charge in [-0.25, -0.2) is 9.37 Å². The minimum Gasteiger partial charge on any atom is -0.379 e. The van der Waals surface area contributed by atoms with Gasteiger partial charge in [-0.3, -0.25) is 14.6 Å². The number of benzene rings is 2. The van der Waals surface area contributed by atoms with Crippen LogP contribution < -0.4 is 5.32 Å². The lowest BCUT2D eigenvalue weighted by Gasteiger charge is -2.26. The molecule has 0 atom stereocenters. The number of carbonyl (C=O) groups is 1. The molecule has 3 aromatic rings. The second-order valence-electron chi connectivity index (χ2n) is 8.24. The van der Waals surface area contributed by atoms with Crippen molar-refractivity contribution < 1.29 is 13.9 Å². The molecule has 0 spiro atoms. The summed E-state index contributed by atoms with van der Waals surface area (Å²) >= 11 is 7.64. The molecule has 0 aliphatic carbocycles. The second kappa shape index (κ2) is 12.4. The van der Waals surface area contributed by atoms with Crippen molar-refractivity contribution in [3.63, 3.8) is 0 Å². The third kappa shape index (κ3) is 7.58. The van der Waals surface area contributed by atoms with Gasteiger partial charge in [-0.05, 0) is 35.4 Å². The molecule has 4 rings (SSSR count). The molecule has 6 nitrogen and oxygen atoms in total. The van der Waals surface area contributed by atoms with Gasteiger partial charge in [0, 0.05) is 49.7 Å². The molecule has 1 amide bonds. The highest BCUT2D eigenvalue weighted by Gasteiger charge is 2.16. The van der Waals surface area contributed by atoms with Crippen molar-refractivity contribution in [3.8, 4) is 0 Å². The van der Waals surface area contributed by atoms with Gasteiger partial charge in [0.2, 0.25) is 0 Å². The number of nitrogens with zero attached hydrogens (tertiary/aromatic N) is 3. The summed E-state index contributed by atoms with van der Waals surface area (Å²) in [6, 6.07) is 14.3. The van der Waals surface area contributed by atoms with Crippen molar-refractivity contribution in [1.29, 1.82) is 0 Å². The van der Waals surface area contributed by atoms with Crippen LogP contribution in [0.25, 0.3) is 0 Å². The Balaban J connectivity index is 1.37. The molecule has 1 fully saturated rings. The minimum absolute atomic E-state index is 0.157. The Morgan fingerprint density at radius 3 is 2.65 bits per heavy atom. The van der Waals surface area contributed by atoms with Crippen molar-refractivity contribution in [2.45, 2.75) is 19.6 Å². The molecule has 1 N–H and O–H groups in total. The van der Waals surface area contributed by atoms with Crippen molar-refractivity contribution >= 4 is 28.8 Å². The number of hydrogen-bond acceptors (Lipinski definition) is 6. The van der Waals surface area contributed by atoms with Crippen molar-refractivity contribution in [1.82, 2.24) is 20.1 Å². The summed E-state index contributed by atoms with van der Waals surface area (Å²) in [5, 5.41) is 6.30. The fourth-order valence-electron chi connectivity index (χ4n) is 3.83. The summed E-state index contributed by atoms with van der Waals surface area (Å²) < 4.78 is 18.7. The first-order valence-corrected chi connectivity index (χ1v) is 12.5. The highest BCUT2D eigenvalue weighted by molar-refractivity contribution is 7.09. The van der Waals surface area contributed by atoms with E-state index >= 15 is 0 Å². The predicted octanol–water partition coefficient (Wildman–Crippen LogP) is 4.20. The Bertz CT molecular complexity index is 1070. The topological polar surface area (TPSA) is 57.7 Å². The van der Waals surface area contributed by atoms with Crippen LogP contribution in [-0.4, -0.2) is 60.1 Å². The quantitative estimate of drug-likeness (QED) is 0.450. The minimum atomic E-state index is -0.255. The van der Waals surface area contributed by atoms with Crippen LogP contribution >= 0.6 is 22.9 Å². The van der Waals surface area contributed by atoms with Crippen molar-refractivity contribution in [3.05, 3.63) is 86.6 Å². The first kappa shape index (κ1) is 24.8. The van der Waals surface area contributed by atoms with E-state index in [2.05, 4.69) is 20.1 Å². The lowest BCUT2D eigenvalue weighted by molar-refractivity contribution is 0.0383. The number of ether oxygens (including phenoxy) is 1. The molecule has 0 radical (unpaired) electrons. The third-order valence-electron chi connectivity index (χ3n) is 5.58. The summed E-state index contributed by atoms with van der Waals surface area (Å²) in [6.45, 7) is 6.50. The zero-order valence-electron chi connectivity index (χ0n) is 18.9. The highest BCUT2D eigenvalue weighted by atomic mass is 35.5. The van der Waals surface area contributed by atoms with Crippen LogP contribution in [0.3, 0.4) is 0 Å². The Hall–Kier alpha value is -2.36. The summed E-state index contributed by atoms with van der Waals surface area (Å²) in [4.78, 5) is 21.6. The number of carbonyl (C=O) groups excluding carboxylic acids is 1. The van der Waals surface area contributed by atoms with Crippen LogP contribution in [0.2, 0.25) is 5.02 Å². The van der Waals surface area contributed by atoms with Gasteiger partial charge < -0.3 is 10.1 Å². The maximum atomic E-state index is 13.4. The van der Waals surface area contributed by atoms with E-state index in [1.165, 1.54) is 23.5 Å². The highest BCUT2D eigenvalue weighted by Crippen LogP contribution is 2.19. The number of amides is 1. The van der Waals surface area contributed by atoms with Gasteiger partial charge in [0.25, 0.3) is 5.91 Å². The number of halogens is 2. The molecule has 0 bridgehead atoms. The van der Waals surface area contributed by atoms with E-state index in [1.807, 2.05) is 24.3 Å². The Morgan fingerprint density at radius 1 is 1.12 bits per heavy atom. The first-order chi connectivity index (χ1) is 16.5. The summed E-state index contributed by atoms with van der Waals surface area (Å²) in [5.74, 6) is -0.412. The molecule has 34 heavy (non-hydrogen) atoms. The van der Waals surface area contributed by atoms with Crippen molar-refractivity contribution in [2.75, 3.05) is 39.4 Å². The van der Waals surface area contributed by atoms with E-state index in [0.717, 1.165) is 49.0 Å². The molecule has 9 heteroatoms. The van der Waals surface area contributed by atoms with Crippen LogP contribution in [0.1, 0.15) is 26.6 Å². The third-order valence-corrected chi connectivity index (χ3v) is 6.64. The maximum absolute atomic E-state index is 13.4. The van der Waals surface area contributed by atoms with E-state index < -0.39 is 0 Å². The van der Waals surface area contributed by atoms with E-state index in [4.69, 9.17) is 16.3 Å². The zero-order chi connectivity index (χ0) is 23.8. The van der Waals surface area contributed by atoms with Crippen LogP contribution in [0.15, 0.2) is 53.9 Å². The second-order valence-corrected chi connectivity index (χ2v) is 9.62. The molecule has 1 aliphatic heterocycles. The summed E-state index contributed by atoms with van der Waals surface area (Å²) in [6.07, 6.45) is 0. The van der Waals surface area contributed by atoms with Crippen LogP contribution in [0.5, 0.6) is 0 Å². The molecular weight excluding hydrogens is 475 g/mol. The molecule has 0 unspecified atom stereocenters. The van der Waals surface area contributed by atoms with Gasteiger partial charge in [0.05, 0.1) is 19.8 Å². The number of rotatable bonds is 10. The zero-order valence-corrected chi connectivity index (χ0v) is 20.5. The van der Waals surface area contributed by atoms with Gasteiger partial charge >= 0.3 is 0 Å². The average Bonchev–Trinajstić information content (AvgIpc) is 3.30. The van der Waals surface area contributed by atoms with E-state index in [0.29, 0.717) is 36.9 Å². The normalized spacial score (nSPS) is 14.4. The summed E-state index contributed by atoms with van der Waals surface area (Å²) in [5.41, 5.74) is 2.51. The first-order valence-electron chi connectivity index (χ1n) is 11.3. The number of hydrogen-bond donors (Lipinski definition) is 1. The molecule has 1 aromatic heterocycles. The smallest absolute Gasteiger partial charge is 0.270 e. The molecular formula is C25H28ClFN4O2S. The number of aromatic nitrogens is 1. The molecule has 1 saturated heterocycles. The SMILES string of the molecule is O=C(NCCN1CCOCC1)c1csc(CN(Cc2ccc(F)cc2)Cc2cccc(Cl)c2)n1. The van der Waals surface area contributed by atoms with Gasteiger partial charge in [-0.1, -0.05) is 35.9 Å². The molecule has 2 heterocycles. The Kier molecular flexibility index (Phi) is 9.01. The largest absolute Gasteiger partial charge is 0.379 e. The van der Waals surface area contributed by atoms with E-state index in [1.54, 1.807) is 17.5 Å².